The standard InChI is InChI=1S/C14H18ClN3O/c1-10(2)18-9-16-7-12(18)8-17-13-6-11(15)4-5-14(13)19-3/h4-7,9-10,17H,8H2,1-3H3. The SMILES string of the molecule is COc1ccc(Cl)cc1NCc1cncn1C(C)C. The van der Waals surface area contributed by atoms with Crippen molar-refractivity contribution in [3.8, 4) is 5.75 Å². The molecule has 1 aromatic heterocycles. The first-order chi connectivity index (χ1) is 9.11. The fraction of sp³-hybridized carbons (Fsp3) is 0.357. The predicted octanol–water partition coefficient (Wildman–Crippen LogP) is 3.74. The molecule has 0 aliphatic carbocycles. The molecule has 1 heterocycles. The van der Waals surface area contributed by atoms with E-state index >= 15 is 0 Å². The highest BCUT2D eigenvalue weighted by atomic mass is 35.5. The molecule has 19 heavy (non-hydrogen) atoms. The Kier molecular flexibility index (Phi) is 4.32. The van der Waals surface area contributed by atoms with Gasteiger partial charge in [0.15, 0.2) is 0 Å². The zero-order valence-electron chi connectivity index (χ0n) is 11.4. The lowest BCUT2D eigenvalue weighted by Gasteiger charge is -2.14. The summed E-state index contributed by atoms with van der Waals surface area (Å²) in [6.07, 6.45) is 3.71. The fourth-order valence-electron chi connectivity index (χ4n) is 1.94. The molecular formula is C14H18ClN3O. The molecule has 0 spiro atoms. The molecule has 0 saturated carbocycles. The van der Waals surface area contributed by atoms with E-state index in [0.29, 0.717) is 17.6 Å². The number of hydrogen-bond donors (Lipinski definition) is 1. The Hall–Kier alpha value is -1.68. The van der Waals surface area contributed by atoms with Gasteiger partial charge in [-0.2, -0.15) is 0 Å². The lowest BCUT2D eigenvalue weighted by Crippen LogP contribution is -2.09. The van der Waals surface area contributed by atoms with Crippen LogP contribution in [-0.2, 0) is 6.54 Å². The Balaban J connectivity index is 2.14. The van der Waals surface area contributed by atoms with Gasteiger partial charge in [-0.1, -0.05) is 11.6 Å². The largest absolute Gasteiger partial charge is 0.495 e. The average molecular weight is 280 g/mol. The first-order valence-electron chi connectivity index (χ1n) is 6.20. The molecule has 0 bridgehead atoms. The van der Waals surface area contributed by atoms with Gasteiger partial charge in [0.05, 0.1) is 31.4 Å². The van der Waals surface area contributed by atoms with Crippen LogP contribution in [0.1, 0.15) is 25.6 Å². The summed E-state index contributed by atoms with van der Waals surface area (Å²) in [7, 11) is 1.65. The number of nitrogens with one attached hydrogen (secondary N) is 1. The van der Waals surface area contributed by atoms with Crippen molar-refractivity contribution in [1.29, 1.82) is 0 Å². The molecule has 1 N–H and O–H groups in total. The van der Waals surface area contributed by atoms with Gasteiger partial charge in [-0.15, -0.1) is 0 Å². The maximum absolute atomic E-state index is 6.00. The van der Waals surface area contributed by atoms with Crippen molar-refractivity contribution in [2.45, 2.75) is 26.4 Å². The Labute approximate surface area is 118 Å². The third-order valence-electron chi connectivity index (χ3n) is 2.92. The number of anilines is 1. The minimum atomic E-state index is 0.389. The highest BCUT2D eigenvalue weighted by Crippen LogP contribution is 2.28. The van der Waals surface area contributed by atoms with Gasteiger partial charge < -0.3 is 14.6 Å². The monoisotopic (exact) mass is 279 g/mol. The van der Waals surface area contributed by atoms with E-state index in [-0.39, 0.29) is 0 Å². The molecule has 1 aromatic carbocycles. The maximum Gasteiger partial charge on any atom is 0.142 e. The number of imidazole rings is 1. The molecule has 0 fully saturated rings. The Bertz CT molecular complexity index is 551. The van der Waals surface area contributed by atoms with Gasteiger partial charge in [0.1, 0.15) is 5.75 Å². The maximum atomic E-state index is 6.00. The quantitative estimate of drug-likeness (QED) is 0.906. The number of aromatic nitrogens is 2. The molecule has 4 nitrogen and oxygen atoms in total. The van der Waals surface area contributed by atoms with Gasteiger partial charge >= 0.3 is 0 Å². The molecule has 0 unspecified atom stereocenters. The molecule has 0 atom stereocenters. The van der Waals surface area contributed by atoms with Crippen molar-refractivity contribution in [1.82, 2.24) is 9.55 Å². The molecule has 2 aromatic rings. The second kappa shape index (κ2) is 5.97. The van der Waals surface area contributed by atoms with Gasteiger partial charge in [-0.05, 0) is 32.0 Å². The number of hydrogen-bond acceptors (Lipinski definition) is 3. The lowest BCUT2D eigenvalue weighted by atomic mass is 10.2. The highest BCUT2D eigenvalue weighted by molar-refractivity contribution is 6.30. The van der Waals surface area contributed by atoms with E-state index < -0.39 is 0 Å². The summed E-state index contributed by atoms with van der Waals surface area (Å²) in [5.74, 6) is 0.778. The molecule has 102 valence electrons. The van der Waals surface area contributed by atoms with Crippen molar-refractivity contribution < 1.29 is 4.74 Å². The fourth-order valence-corrected chi connectivity index (χ4v) is 2.11. The zero-order valence-corrected chi connectivity index (χ0v) is 12.1. The number of rotatable bonds is 5. The van der Waals surface area contributed by atoms with Gasteiger partial charge in [0.25, 0.3) is 0 Å². The summed E-state index contributed by atoms with van der Waals surface area (Å²) in [6, 6.07) is 5.91. The van der Waals surface area contributed by atoms with Crippen molar-refractivity contribution in [2.75, 3.05) is 12.4 Å². The predicted molar refractivity (Wildman–Crippen MR) is 77.9 cm³/mol. The highest BCUT2D eigenvalue weighted by Gasteiger charge is 2.07. The van der Waals surface area contributed by atoms with Crippen LogP contribution in [0.2, 0.25) is 5.02 Å². The van der Waals surface area contributed by atoms with E-state index in [1.807, 2.05) is 30.7 Å². The van der Waals surface area contributed by atoms with Crippen LogP contribution in [0, 0.1) is 0 Å². The minimum absolute atomic E-state index is 0.389. The van der Waals surface area contributed by atoms with Crippen LogP contribution in [0.15, 0.2) is 30.7 Å². The molecule has 0 aliphatic rings. The smallest absolute Gasteiger partial charge is 0.142 e. The van der Waals surface area contributed by atoms with Crippen LogP contribution in [0.3, 0.4) is 0 Å². The number of benzene rings is 1. The zero-order chi connectivity index (χ0) is 13.8. The molecule has 0 amide bonds. The third kappa shape index (κ3) is 3.20. The van der Waals surface area contributed by atoms with Crippen molar-refractivity contribution in [3.05, 3.63) is 41.4 Å². The third-order valence-corrected chi connectivity index (χ3v) is 3.16. The second-order valence-corrected chi connectivity index (χ2v) is 5.02. The van der Waals surface area contributed by atoms with Crippen molar-refractivity contribution in [3.63, 3.8) is 0 Å². The average Bonchev–Trinajstić information content (AvgIpc) is 2.85. The van der Waals surface area contributed by atoms with Gasteiger partial charge in [-0.25, -0.2) is 4.98 Å². The number of ether oxygens (including phenoxy) is 1. The lowest BCUT2D eigenvalue weighted by molar-refractivity contribution is 0.416. The van der Waals surface area contributed by atoms with E-state index in [0.717, 1.165) is 17.1 Å². The number of nitrogens with zero attached hydrogens (tertiary/aromatic N) is 2. The normalized spacial score (nSPS) is 10.8. The van der Waals surface area contributed by atoms with Gasteiger partial charge in [0.2, 0.25) is 0 Å². The van der Waals surface area contributed by atoms with Crippen LogP contribution in [0.5, 0.6) is 5.75 Å². The summed E-state index contributed by atoms with van der Waals surface area (Å²) >= 11 is 6.00. The number of halogens is 1. The van der Waals surface area contributed by atoms with E-state index in [1.54, 1.807) is 7.11 Å². The Morgan fingerprint density at radius 3 is 2.89 bits per heavy atom. The second-order valence-electron chi connectivity index (χ2n) is 4.58. The van der Waals surface area contributed by atoms with Crippen molar-refractivity contribution in [2.24, 2.45) is 0 Å². The van der Waals surface area contributed by atoms with Crippen LogP contribution in [-0.4, -0.2) is 16.7 Å². The first-order valence-corrected chi connectivity index (χ1v) is 6.57. The molecule has 2 rings (SSSR count). The summed E-state index contributed by atoms with van der Waals surface area (Å²) in [6.45, 7) is 4.94. The van der Waals surface area contributed by atoms with Crippen LogP contribution in [0.4, 0.5) is 5.69 Å². The van der Waals surface area contributed by atoms with E-state index in [9.17, 15) is 0 Å². The topological polar surface area (TPSA) is 39.1 Å². The van der Waals surface area contributed by atoms with Crippen molar-refractivity contribution >= 4 is 17.3 Å². The van der Waals surface area contributed by atoms with Gasteiger partial charge in [0, 0.05) is 17.3 Å². The van der Waals surface area contributed by atoms with Crippen LogP contribution >= 0.6 is 11.6 Å². The molecular weight excluding hydrogens is 262 g/mol. The van der Waals surface area contributed by atoms with E-state index in [4.69, 9.17) is 16.3 Å². The van der Waals surface area contributed by atoms with E-state index in [2.05, 4.69) is 28.7 Å². The van der Waals surface area contributed by atoms with Crippen LogP contribution < -0.4 is 10.1 Å². The van der Waals surface area contributed by atoms with Crippen LogP contribution in [0.25, 0.3) is 0 Å². The Morgan fingerprint density at radius 2 is 2.21 bits per heavy atom. The minimum Gasteiger partial charge on any atom is -0.495 e. The molecule has 0 aliphatic heterocycles. The number of methoxy groups -OCH3 is 1. The summed E-state index contributed by atoms with van der Waals surface area (Å²) in [5.41, 5.74) is 2.00. The first kappa shape index (κ1) is 13.7. The molecule has 0 saturated heterocycles. The Morgan fingerprint density at radius 1 is 1.42 bits per heavy atom. The summed E-state index contributed by atoms with van der Waals surface area (Å²) < 4.78 is 7.43. The molecule has 5 heteroatoms. The summed E-state index contributed by atoms with van der Waals surface area (Å²) in [4.78, 5) is 4.18. The van der Waals surface area contributed by atoms with E-state index in [1.165, 1.54) is 0 Å². The van der Waals surface area contributed by atoms with Gasteiger partial charge in [-0.3, -0.25) is 0 Å². The summed E-state index contributed by atoms with van der Waals surface area (Å²) in [5, 5.41) is 4.01. The molecule has 0 radical (unpaired) electrons.